The third kappa shape index (κ3) is 3.21. The lowest BCUT2D eigenvalue weighted by molar-refractivity contribution is 0.158. The van der Waals surface area contributed by atoms with Crippen LogP contribution in [0.3, 0.4) is 0 Å². The summed E-state index contributed by atoms with van der Waals surface area (Å²) in [6, 6.07) is 6.66. The molecule has 0 spiro atoms. The molecule has 94 valence electrons. The first kappa shape index (κ1) is 12.9. The number of rotatable bonds is 2. The van der Waals surface area contributed by atoms with Crippen LogP contribution in [0.15, 0.2) is 18.2 Å². The Morgan fingerprint density at radius 3 is 2.88 bits per heavy atom. The molecule has 0 bridgehead atoms. The molecular weight excluding hydrogens is 232 g/mol. The van der Waals surface area contributed by atoms with E-state index in [1.807, 2.05) is 6.07 Å². The van der Waals surface area contributed by atoms with E-state index in [4.69, 9.17) is 17.3 Å². The van der Waals surface area contributed by atoms with Gasteiger partial charge in [-0.2, -0.15) is 0 Å². The number of aryl methyl sites for hydroxylation is 1. The smallest absolute Gasteiger partial charge is 0.0453 e. The summed E-state index contributed by atoms with van der Waals surface area (Å²) in [7, 11) is 0. The average molecular weight is 253 g/mol. The molecule has 2 N–H and O–H groups in total. The van der Waals surface area contributed by atoms with Crippen LogP contribution in [0, 0.1) is 12.8 Å². The van der Waals surface area contributed by atoms with Gasteiger partial charge in [-0.1, -0.05) is 30.7 Å². The molecule has 0 aromatic heterocycles. The predicted octanol–water partition coefficient (Wildman–Crippen LogP) is 2.82. The monoisotopic (exact) mass is 252 g/mol. The molecule has 1 heterocycles. The summed E-state index contributed by atoms with van der Waals surface area (Å²) >= 11 is 6.26. The van der Waals surface area contributed by atoms with Crippen LogP contribution in [0.4, 0.5) is 0 Å². The normalized spacial score (nSPS) is 26.1. The van der Waals surface area contributed by atoms with Crippen molar-refractivity contribution < 1.29 is 0 Å². The standard InChI is InChI=1S/C14H21ClN2/c1-10-3-4-12(13(15)7-10)9-17-6-5-14(16)11(2)8-17/h3-4,7,11,14H,5-6,8-9,16H2,1-2H3. The van der Waals surface area contributed by atoms with E-state index in [9.17, 15) is 0 Å². The molecule has 2 rings (SSSR count). The van der Waals surface area contributed by atoms with Crippen LogP contribution >= 0.6 is 11.6 Å². The van der Waals surface area contributed by atoms with Gasteiger partial charge in [0.1, 0.15) is 0 Å². The fraction of sp³-hybridized carbons (Fsp3) is 0.571. The number of nitrogens with zero attached hydrogens (tertiary/aromatic N) is 1. The van der Waals surface area contributed by atoms with E-state index in [2.05, 4.69) is 30.9 Å². The highest BCUT2D eigenvalue weighted by atomic mass is 35.5. The summed E-state index contributed by atoms with van der Waals surface area (Å²) in [5.74, 6) is 0.577. The van der Waals surface area contributed by atoms with Crippen molar-refractivity contribution in [2.45, 2.75) is 32.9 Å². The topological polar surface area (TPSA) is 29.3 Å². The number of benzene rings is 1. The summed E-state index contributed by atoms with van der Waals surface area (Å²) < 4.78 is 0. The molecule has 1 aromatic carbocycles. The van der Waals surface area contributed by atoms with Crippen LogP contribution in [0.2, 0.25) is 5.02 Å². The van der Waals surface area contributed by atoms with Crippen LogP contribution in [-0.4, -0.2) is 24.0 Å². The molecular formula is C14H21ClN2. The van der Waals surface area contributed by atoms with Crippen molar-refractivity contribution in [2.75, 3.05) is 13.1 Å². The van der Waals surface area contributed by atoms with Gasteiger partial charge in [0.05, 0.1) is 0 Å². The van der Waals surface area contributed by atoms with E-state index in [1.165, 1.54) is 11.1 Å². The average Bonchev–Trinajstić information content (AvgIpc) is 2.27. The number of hydrogen-bond donors (Lipinski definition) is 1. The SMILES string of the molecule is Cc1ccc(CN2CCC(N)C(C)C2)c(Cl)c1. The van der Waals surface area contributed by atoms with Crippen LogP contribution in [0.5, 0.6) is 0 Å². The van der Waals surface area contributed by atoms with Gasteiger partial charge in [0.25, 0.3) is 0 Å². The Hall–Kier alpha value is -0.570. The molecule has 1 aromatic rings. The van der Waals surface area contributed by atoms with Crippen LogP contribution in [-0.2, 0) is 6.54 Å². The van der Waals surface area contributed by atoms with Gasteiger partial charge in [-0.3, -0.25) is 4.90 Å². The Balaban J connectivity index is 2.01. The van der Waals surface area contributed by atoms with Gasteiger partial charge in [-0.25, -0.2) is 0 Å². The molecule has 2 atom stereocenters. The largest absolute Gasteiger partial charge is 0.327 e. The van der Waals surface area contributed by atoms with Gasteiger partial charge in [0.15, 0.2) is 0 Å². The fourth-order valence-electron chi connectivity index (χ4n) is 2.42. The Labute approximate surface area is 109 Å². The summed E-state index contributed by atoms with van der Waals surface area (Å²) in [5.41, 5.74) is 8.47. The van der Waals surface area contributed by atoms with E-state index >= 15 is 0 Å². The fourth-order valence-corrected chi connectivity index (χ4v) is 2.71. The summed E-state index contributed by atoms with van der Waals surface area (Å²) in [5, 5.41) is 0.882. The number of halogens is 1. The highest BCUT2D eigenvalue weighted by molar-refractivity contribution is 6.31. The minimum atomic E-state index is 0.361. The maximum absolute atomic E-state index is 6.26. The van der Waals surface area contributed by atoms with Crippen molar-refractivity contribution in [2.24, 2.45) is 11.7 Å². The lowest BCUT2D eigenvalue weighted by Gasteiger charge is -2.35. The van der Waals surface area contributed by atoms with E-state index in [1.54, 1.807) is 0 Å². The summed E-state index contributed by atoms with van der Waals surface area (Å²) in [4.78, 5) is 2.45. The maximum Gasteiger partial charge on any atom is 0.0453 e. The van der Waals surface area contributed by atoms with Gasteiger partial charge in [-0.05, 0) is 43.0 Å². The van der Waals surface area contributed by atoms with E-state index < -0.39 is 0 Å². The van der Waals surface area contributed by atoms with Crippen molar-refractivity contribution in [1.29, 1.82) is 0 Å². The molecule has 3 heteroatoms. The van der Waals surface area contributed by atoms with Gasteiger partial charge in [0, 0.05) is 24.2 Å². The molecule has 1 saturated heterocycles. The molecule has 0 amide bonds. The van der Waals surface area contributed by atoms with Gasteiger partial charge >= 0.3 is 0 Å². The number of likely N-dealkylation sites (tertiary alicyclic amines) is 1. The highest BCUT2D eigenvalue weighted by Gasteiger charge is 2.23. The minimum Gasteiger partial charge on any atom is -0.327 e. The van der Waals surface area contributed by atoms with Gasteiger partial charge < -0.3 is 5.73 Å². The second kappa shape index (κ2) is 5.38. The molecule has 1 aliphatic heterocycles. The van der Waals surface area contributed by atoms with Crippen molar-refractivity contribution in [3.8, 4) is 0 Å². The van der Waals surface area contributed by atoms with E-state index in [-0.39, 0.29) is 0 Å². The lowest BCUT2D eigenvalue weighted by Crippen LogP contribution is -2.45. The molecule has 0 aliphatic carbocycles. The minimum absolute atomic E-state index is 0.361. The molecule has 2 nitrogen and oxygen atoms in total. The summed E-state index contributed by atoms with van der Waals surface area (Å²) in [6.45, 7) is 7.39. The second-order valence-electron chi connectivity index (χ2n) is 5.26. The number of hydrogen-bond acceptors (Lipinski definition) is 2. The van der Waals surface area contributed by atoms with Crippen molar-refractivity contribution in [3.05, 3.63) is 34.3 Å². The Kier molecular flexibility index (Phi) is 4.08. The first-order valence-corrected chi connectivity index (χ1v) is 6.67. The molecule has 2 unspecified atom stereocenters. The molecule has 0 radical (unpaired) electrons. The zero-order valence-corrected chi connectivity index (χ0v) is 11.4. The third-order valence-corrected chi connectivity index (χ3v) is 4.01. The van der Waals surface area contributed by atoms with Crippen LogP contribution in [0.25, 0.3) is 0 Å². The van der Waals surface area contributed by atoms with Crippen LogP contribution < -0.4 is 5.73 Å². The quantitative estimate of drug-likeness (QED) is 0.877. The lowest BCUT2D eigenvalue weighted by atomic mass is 9.94. The zero-order valence-electron chi connectivity index (χ0n) is 10.6. The number of nitrogens with two attached hydrogens (primary N) is 1. The Morgan fingerprint density at radius 1 is 1.47 bits per heavy atom. The van der Waals surface area contributed by atoms with Crippen molar-refractivity contribution in [1.82, 2.24) is 4.90 Å². The predicted molar refractivity (Wildman–Crippen MR) is 73.2 cm³/mol. The van der Waals surface area contributed by atoms with E-state index in [0.29, 0.717) is 12.0 Å². The first-order chi connectivity index (χ1) is 8.06. The van der Waals surface area contributed by atoms with Gasteiger partial charge in [-0.15, -0.1) is 0 Å². The second-order valence-corrected chi connectivity index (χ2v) is 5.67. The van der Waals surface area contributed by atoms with Gasteiger partial charge in [0.2, 0.25) is 0 Å². The maximum atomic E-state index is 6.26. The van der Waals surface area contributed by atoms with Crippen molar-refractivity contribution >= 4 is 11.6 Å². The van der Waals surface area contributed by atoms with E-state index in [0.717, 1.165) is 31.1 Å². The van der Waals surface area contributed by atoms with Crippen LogP contribution in [0.1, 0.15) is 24.5 Å². The Bertz CT molecular complexity index is 392. The molecule has 1 aliphatic rings. The molecule has 0 saturated carbocycles. The zero-order chi connectivity index (χ0) is 12.4. The van der Waals surface area contributed by atoms with Crippen molar-refractivity contribution in [3.63, 3.8) is 0 Å². The third-order valence-electron chi connectivity index (χ3n) is 3.66. The highest BCUT2D eigenvalue weighted by Crippen LogP contribution is 2.22. The molecule has 17 heavy (non-hydrogen) atoms. The Morgan fingerprint density at radius 2 is 2.24 bits per heavy atom. The molecule has 1 fully saturated rings. The first-order valence-electron chi connectivity index (χ1n) is 6.29. The number of piperidine rings is 1. The summed E-state index contributed by atoms with van der Waals surface area (Å²) in [6.07, 6.45) is 1.09.